The lowest BCUT2D eigenvalue weighted by molar-refractivity contribution is -0.121. The Morgan fingerprint density at radius 1 is 1.30 bits per heavy atom. The Bertz CT molecular complexity index is 578. The Labute approximate surface area is 137 Å². The van der Waals surface area contributed by atoms with Crippen LogP contribution < -0.4 is 5.32 Å². The Hall–Kier alpha value is -1.95. The van der Waals surface area contributed by atoms with E-state index in [1.807, 2.05) is 6.92 Å². The summed E-state index contributed by atoms with van der Waals surface area (Å²) in [6.45, 7) is 6.23. The van der Waals surface area contributed by atoms with Crippen molar-refractivity contribution in [2.24, 2.45) is 0 Å². The zero-order valence-electron chi connectivity index (χ0n) is 14.5. The SMILES string of the molecule is C[C@@H]1CC[C@H](C)N1[C@@H](C)C(=O)Nc1cc(C(=O)N(C)C)ccn1. The average molecular weight is 318 g/mol. The van der Waals surface area contributed by atoms with Crippen LogP contribution in [0.15, 0.2) is 18.3 Å². The third-order valence-electron chi connectivity index (χ3n) is 4.51. The number of rotatable bonds is 4. The quantitative estimate of drug-likeness (QED) is 0.922. The summed E-state index contributed by atoms with van der Waals surface area (Å²) in [6, 6.07) is 3.84. The van der Waals surface area contributed by atoms with Gasteiger partial charge in [0.25, 0.3) is 5.91 Å². The van der Waals surface area contributed by atoms with E-state index in [1.54, 1.807) is 26.2 Å². The van der Waals surface area contributed by atoms with Crippen LogP contribution in [0.4, 0.5) is 5.82 Å². The van der Waals surface area contributed by atoms with Gasteiger partial charge in [0.05, 0.1) is 6.04 Å². The molecule has 23 heavy (non-hydrogen) atoms. The van der Waals surface area contributed by atoms with Crippen molar-refractivity contribution >= 4 is 17.6 Å². The predicted molar refractivity (Wildman–Crippen MR) is 90.3 cm³/mol. The monoisotopic (exact) mass is 318 g/mol. The normalized spacial score (nSPS) is 22.7. The summed E-state index contributed by atoms with van der Waals surface area (Å²) in [6.07, 6.45) is 3.77. The lowest BCUT2D eigenvalue weighted by Crippen LogP contribution is -2.47. The molecule has 2 rings (SSSR count). The van der Waals surface area contributed by atoms with Crippen LogP contribution in [-0.2, 0) is 4.79 Å². The van der Waals surface area contributed by atoms with Gasteiger partial charge in [-0.3, -0.25) is 14.5 Å². The summed E-state index contributed by atoms with van der Waals surface area (Å²) in [5, 5.41) is 2.83. The fourth-order valence-corrected chi connectivity index (χ4v) is 3.23. The zero-order chi connectivity index (χ0) is 17.1. The fourth-order valence-electron chi connectivity index (χ4n) is 3.23. The fraction of sp³-hybridized carbons (Fsp3) is 0.588. The standard InChI is InChI=1S/C17H26N4O2/c1-11-6-7-12(2)21(11)13(3)16(22)19-15-10-14(8-9-18-15)17(23)20(4)5/h8-13H,6-7H2,1-5H3,(H,18,19,22)/t11-,12+,13-/m0/s1. The van der Waals surface area contributed by atoms with Crippen molar-refractivity contribution in [3.05, 3.63) is 23.9 Å². The molecule has 1 fully saturated rings. The Balaban J connectivity index is 2.08. The van der Waals surface area contributed by atoms with Gasteiger partial charge in [-0.2, -0.15) is 0 Å². The van der Waals surface area contributed by atoms with Crippen molar-refractivity contribution in [2.75, 3.05) is 19.4 Å². The van der Waals surface area contributed by atoms with Gasteiger partial charge >= 0.3 is 0 Å². The van der Waals surface area contributed by atoms with Crippen molar-refractivity contribution in [1.82, 2.24) is 14.8 Å². The van der Waals surface area contributed by atoms with Gasteiger partial charge in [0, 0.05) is 37.9 Å². The van der Waals surface area contributed by atoms with E-state index >= 15 is 0 Å². The molecule has 6 heteroatoms. The largest absolute Gasteiger partial charge is 0.345 e. The summed E-state index contributed by atoms with van der Waals surface area (Å²) < 4.78 is 0. The second kappa shape index (κ2) is 7.08. The van der Waals surface area contributed by atoms with Crippen LogP contribution in [0.3, 0.4) is 0 Å². The van der Waals surface area contributed by atoms with Crippen molar-refractivity contribution in [3.8, 4) is 0 Å². The second-order valence-electron chi connectivity index (χ2n) is 6.52. The van der Waals surface area contributed by atoms with Crippen LogP contribution in [0.5, 0.6) is 0 Å². The minimum Gasteiger partial charge on any atom is -0.345 e. The van der Waals surface area contributed by atoms with E-state index in [0.717, 1.165) is 12.8 Å². The number of aromatic nitrogens is 1. The minimum absolute atomic E-state index is 0.0902. The summed E-state index contributed by atoms with van der Waals surface area (Å²) in [5.74, 6) is 0.208. The van der Waals surface area contributed by atoms with Gasteiger partial charge in [0.15, 0.2) is 0 Å². The van der Waals surface area contributed by atoms with E-state index in [1.165, 1.54) is 11.1 Å². The Morgan fingerprint density at radius 2 is 1.91 bits per heavy atom. The predicted octanol–water partition coefficient (Wildman–Crippen LogP) is 1.98. The summed E-state index contributed by atoms with van der Waals surface area (Å²) >= 11 is 0. The maximum Gasteiger partial charge on any atom is 0.253 e. The van der Waals surface area contributed by atoms with E-state index in [-0.39, 0.29) is 17.9 Å². The Kier molecular flexibility index (Phi) is 5.36. The molecular formula is C17H26N4O2. The molecular weight excluding hydrogens is 292 g/mol. The van der Waals surface area contributed by atoms with E-state index in [0.29, 0.717) is 23.5 Å². The minimum atomic E-state index is -0.225. The van der Waals surface area contributed by atoms with Crippen LogP contribution in [0.2, 0.25) is 0 Å². The topological polar surface area (TPSA) is 65.5 Å². The number of carbonyl (C=O) groups excluding carboxylic acids is 2. The van der Waals surface area contributed by atoms with Crippen LogP contribution in [-0.4, -0.2) is 58.8 Å². The first-order valence-corrected chi connectivity index (χ1v) is 8.07. The van der Waals surface area contributed by atoms with E-state index in [4.69, 9.17) is 0 Å². The zero-order valence-corrected chi connectivity index (χ0v) is 14.5. The molecule has 1 aromatic heterocycles. The molecule has 2 amide bonds. The molecule has 0 aromatic carbocycles. The average Bonchev–Trinajstić information content (AvgIpc) is 2.84. The van der Waals surface area contributed by atoms with Gasteiger partial charge < -0.3 is 10.2 Å². The third-order valence-corrected chi connectivity index (χ3v) is 4.51. The number of carbonyl (C=O) groups is 2. The second-order valence-corrected chi connectivity index (χ2v) is 6.52. The highest BCUT2D eigenvalue weighted by atomic mass is 16.2. The van der Waals surface area contributed by atoms with Crippen molar-refractivity contribution in [1.29, 1.82) is 0 Å². The van der Waals surface area contributed by atoms with Crippen LogP contribution in [0, 0.1) is 0 Å². The molecule has 3 atom stereocenters. The van der Waals surface area contributed by atoms with Gasteiger partial charge in [-0.05, 0) is 45.7 Å². The highest BCUT2D eigenvalue weighted by Gasteiger charge is 2.34. The molecule has 0 saturated carbocycles. The van der Waals surface area contributed by atoms with Crippen LogP contribution >= 0.6 is 0 Å². The molecule has 1 N–H and O–H groups in total. The molecule has 0 spiro atoms. The van der Waals surface area contributed by atoms with Gasteiger partial charge in [0.2, 0.25) is 5.91 Å². The molecule has 6 nitrogen and oxygen atoms in total. The van der Waals surface area contributed by atoms with Crippen molar-refractivity contribution < 1.29 is 9.59 Å². The molecule has 2 heterocycles. The van der Waals surface area contributed by atoms with Crippen LogP contribution in [0.25, 0.3) is 0 Å². The van der Waals surface area contributed by atoms with E-state index < -0.39 is 0 Å². The number of anilines is 1. The molecule has 1 aromatic rings. The highest BCUT2D eigenvalue weighted by Crippen LogP contribution is 2.26. The Morgan fingerprint density at radius 3 is 2.48 bits per heavy atom. The maximum atomic E-state index is 12.5. The number of hydrogen-bond acceptors (Lipinski definition) is 4. The summed E-state index contributed by atoms with van der Waals surface area (Å²) in [4.78, 5) is 32.4. The molecule has 0 bridgehead atoms. The molecule has 1 aliphatic rings. The smallest absolute Gasteiger partial charge is 0.253 e. The summed E-state index contributed by atoms with van der Waals surface area (Å²) in [7, 11) is 3.39. The third kappa shape index (κ3) is 3.88. The molecule has 1 saturated heterocycles. The number of hydrogen-bond donors (Lipinski definition) is 1. The van der Waals surface area contributed by atoms with Gasteiger partial charge in [0.1, 0.15) is 5.82 Å². The number of amides is 2. The first-order chi connectivity index (χ1) is 10.8. The summed E-state index contributed by atoms with van der Waals surface area (Å²) in [5.41, 5.74) is 0.510. The molecule has 0 radical (unpaired) electrons. The maximum absolute atomic E-state index is 12.5. The lowest BCUT2D eigenvalue weighted by Gasteiger charge is -2.31. The lowest BCUT2D eigenvalue weighted by atomic mass is 10.2. The van der Waals surface area contributed by atoms with Crippen LogP contribution in [0.1, 0.15) is 44.0 Å². The first-order valence-electron chi connectivity index (χ1n) is 8.07. The molecule has 126 valence electrons. The van der Waals surface area contributed by atoms with E-state index in [2.05, 4.69) is 29.0 Å². The number of pyridine rings is 1. The molecule has 1 aliphatic heterocycles. The van der Waals surface area contributed by atoms with E-state index in [9.17, 15) is 9.59 Å². The first kappa shape index (κ1) is 17.4. The van der Waals surface area contributed by atoms with Gasteiger partial charge in [-0.25, -0.2) is 4.98 Å². The van der Waals surface area contributed by atoms with Gasteiger partial charge in [-0.1, -0.05) is 0 Å². The van der Waals surface area contributed by atoms with Crippen molar-refractivity contribution in [2.45, 2.75) is 51.7 Å². The van der Waals surface area contributed by atoms with Crippen molar-refractivity contribution in [3.63, 3.8) is 0 Å². The number of nitrogens with zero attached hydrogens (tertiary/aromatic N) is 3. The molecule has 0 aliphatic carbocycles. The number of likely N-dealkylation sites (tertiary alicyclic amines) is 1. The number of nitrogens with one attached hydrogen (secondary N) is 1. The molecule has 0 unspecified atom stereocenters. The van der Waals surface area contributed by atoms with Gasteiger partial charge in [-0.15, -0.1) is 0 Å². The highest BCUT2D eigenvalue weighted by molar-refractivity contribution is 5.97.